The van der Waals surface area contributed by atoms with Crippen molar-refractivity contribution in [1.82, 2.24) is 5.32 Å². The number of likely N-dealkylation sites (N-methyl/N-ethyl adjacent to an activating group) is 1. The van der Waals surface area contributed by atoms with Crippen molar-refractivity contribution < 1.29 is 0 Å². The lowest BCUT2D eigenvalue weighted by Crippen LogP contribution is -2.31. The van der Waals surface area contributed by atoms with Gasteiger partial charge in [-0.1, -0.05) is 76.1 Å². The molecule has 0 fully saturated rings. The van der Waals surface area contributed by atoms with Crippen LogP contribution >= 0.6 is 0 Å². The van der Waals surface area contributed by atoms with Crippen LogP contribution in [0.25, 0.3) is 0 Å². The number of benzene rings is 1. The van der Waals surface area contributed by atoms with Crippen LogP contribution in [0.5, 0.6) is 0 Å². The van der Waals surface area contributed by atoms with Gasteiger partial charge in [0, 0.05) is 6.04 Å². The lowest BCUT2D eigenvalue weighted by Gasteiger charge is -2.24. The van der Waals surface area contributed by atoms with Crippen molar-refractivity contribution >= 4 is 0 Å². The Morgan fingerprint density at radius 1 is 1.05 bits per heavy atom. The summed E-state index contributed by atoms with van der Waals surface area (Å²) >= 11 is 0. The number of hydrogen-bond donors (Lipinski definition) is 1. The number of hydrogen-bond acceptors (Lipinski definition) is 1. The maximum Gasteiger partial charge on any atom is 0.0133 e. The first-order valence-electron chi connectivity index (χ1n) is 9.12. The second-order valence-corrected chi connectivity index (χ2v) is 6.65. The van der Waals surface area contributed by atoms with Crippen LogP contribution in [-0.4, -0.2) is 13.1 Å². The molecule has 0 radical (unpaired) electrons. The van der Waals surface area contributed by atoms with Crippen LogP contribution in [0.4, 0.5) is 0 Å². The first kappa shape index (κ1) is 16.5. The van der Waals surface area contributed by atoms with Gasteiger partial charge in [-0.25, -0.2) is 0 Å². The van der Waals surface area contributed by atoms with Crippen LogP contribution in [0.1, 0.15) is 81.8 Å². The first-order valence-corrected chi connectivity index (χ1v) is 9.12. The molecule has 2 unspecified atom stereocenters. The molecule has 0 spiro atoms. The third-order valence-electron chi connectivity index (χ3n) is 5.15. The molecule has 1 heteroatoms. The van der Waals surface area contributed by atoms with E-state index in [0.29, 0.717) is 6.04 Å². The molecule has 0 amide bonds. The van der Waals surface area contributed by atoms with Crippen LogP contribution in [-0.2, 0) is 6.42 Å². The van der Waals surface area contributed by atoms with E-state index >= 15 is 0 Å². The minimum Gasteiger partial charge on any atom is -0.316 e. The minimum atomic E-state index is 0.671. The Morgan fingerprint density at radius 2 is 1.76 bits per heavy atom. The molecule has 2 atom stereocenters. The van der Waals surface area contributed by atoms with E-state index in [4.69, 9.17) is 0 Å². The summed E-state index contributed by atoms with van der Waals surface area (Å²) < 4.78 is 0. The molecule has 118 valence electrons. The van der Waals surface area contributed by atoms with Crippen molar-refractivity contribution in [2.45, 2.75) is 83.1 Å². The highest BCUT2D eigenvalue weighted by molar-refractivity contribution is 5.35. The van der Waals surface area contributed by atoms with Gasteiger partial charge in [0.1, 0.15) is 0 Å². The average molecular weight is 287 g/mol. The second kappa shape index (κ2) is 9.25. The molecule has 1 N–H and O–H groups in total. The van der Waals surface area contributed by atoms with E-state index in [0.717, 1.165) is 5.92 Å². The summed E-state index contributed by atoms with van der Waals surface area (Å²) in [6.45, 7) is 2.29. The van der Waals surface area contributed by atoms with Crippen LogP contribution in [0.3, 0.4) is 0 Å². The molecule has 0 heterocycles. The van der Waals surface area contributed by atoms with E-state index in [9.17, 15) is 0 Å². The zero-order valence-corrected chi connectivity index (χ0v) is 14.0. The fraction of sp³-hybridized carbons (Fsp3) is 0.700. The van der Waals surface area contributed by atoms with Crippen LogP contribution in [0.2, 0.25) is 0 Å². The van der Waals surface area contributed by atoms with Gasteiger partial charge < -0.3 is 5.32 Å². The third kappa shape index (κ3) is 4.85. The summed E-state index contributed by atoms with van der Waals surface area (Å²) in [6.07, 6.45) is 13.8. The minimum absolute atomic E-state index is 0.671. The fourth-order valence-electron chi connectivity index (χ4n) is 3.88. The maximum atomic E-state index is 3.60. The largest absolute Gasteiger partial charge is 0.316 e. The normalized spacial score (nSPS) is 18.7. The van der Waals surface area contributed by atoms with Gasteiger partial charge in [0.25, 0.3) is 0 Å². The topological polar surface area (TPSA) is 12.0 Å². The lowest BCUT2D eigenvalue weighted by atomic mass is 9.89. The zero-order chi connectivity index (χ0) is 14.9. The molecular formula is C20H33N. The Hall–Kier alpha value is -0.820. The molecule has 21 heavy (non-hydrogen) atoms. The van der Waals surface area contributed by atoms with Gasteiger partial charge in [0.05, 0.1) is 0 Å². The Morgan fingerprint density at radius 3 is 2.52 bits per heavy atom. The molecule has 2 rings (SSSR count). The lowest BCUT2D eigenvalue weighted by molar-refractivity contribution is 0.412. The molecule has 1 aliphatic rings. The molecule has 1 aromatic carbocycles. The second-order valence-electron chi connectivity index (χ2n) is 6.65. The highest BCUT2D eigenvalue weighted by Gasteiger charge is 2.28. The van der Waals surface area contributed by atoms with Gasteiger partial charge in [-0.15, -0.1) is 0 Å². The van der Waals surface area contributed by atoms with Gasteiger partial charge >= 0.3 is 0 Å². The first-order chi connectivity index (χ1) is 10.4. The van der Waals surface area contributed by atoms with E-state index in [2.05, 4.69) is 43.6 Å². The molecule has 1 nitrogen and oxygen atoms in total. The van der Waals surface area contributed by atoms with Gasteiger partial charge in [-0.05, 0) is 43.4 Å². The molecule has 1 aromatic rings. The molecular weight excluding hydrogens is 254 g/mol. The Balaban J connectivity index is 1.72. The van der Waals surface area contributed by atoms with Crippen LogP contribution in [0.15, 0.2) is 24.3 Å². The molecule has 0 bridgehead atoms. The Bertz CT molecular complexity index is 399. The summed E-state index contributed by atoms with van der Waals surface area (Å²) in [5.41, 5.74) is 3.20. The van der Waals surface area contributed by atoms with E-state index in [1.165, 1.54) is 64.2 Å². The molecule has 0 aromatic heterocycles. The van der Waals surface area contributed by atoms with Crippen LogP contribution in [0, 0.1) is 0 Å². The Labute approximate surface area is 131 Å². The molecule has 1 aliphatic carbocycles. The maximum absolute atomic E-state index is 3.60. The molecule has 0 saturated heterocycles. The van der Waals surface area contributed by atoms with Gasteiger partial charge in [-0.3, -0.25) is 0 Å². The summed E-state index contributed by atoms with van der Waals surface area (Å²) in [6, 6.07) is 9.73. The van der Waals surface area contributed by atoms with E-state index in [1.807, 2.05) is 0 Å². The SMILES string of the molecule is CCCCCCCCCC(NC)C1CCc2ccccc21. The monoisotopic (exact) mass is 287 g/mol. The van der Waals surface area contributed by atoms with E-state index in [-0.39, 0.29) is 0 Å². The van der Waals surface area contributed by atoms with E-state index in [1.54, 1.807) is 11.1 Å². The van der Waals surface area contributed by atoms with Crippen molar-refractivity contribution in [3.05, 3.63) is 35.4 Å². The number of unbranched alkanes of at least 4 members (excludes halogenated alkanes) is 6. The van der Waals surface area contributed by atoms with Crippen molar-refractivity contribution in [3.8, 4) is 0 Å². The van der Waals surface area contributed by atoms with Gasteiger partial charge in [0.2, 0.25) is 0 Å². The van der Waals surface area contributed by atoms with Gasteiger partial charge in [0.15, 0.2) is 0 Å². The van der Waals surface area contributed by atoms with Crippen molar-refractivity contribution in [1.29, 1.82) is 0 Å². The highest BCUT2D eigenvalue weighted by Crippen LogP contribution is 2.36. The predicted molar refractivity (Wildman–Crippen MR) is 93.0 cm³/mol. The van der Waals surface area contributed by atoms with Crippen molar-refractivity contribution in [2.24, 2.45) is 0 Å². The predicted octanol–water partition coefficient (Wildman–Crippen LogP) is 5.45. The number of rotatable bonds is 10. The van der Waals surface area contributed by atoms with Crippen LogP contribution < -0.4 is 5.32 Å². The Kier molecular flexibility index (Phi) is 7.29. The van der Waals surface area contributed by atoms with Crippen molar-refractivity contribution in [2.75, 3.05) is 7.05 Å². The van der Waals surface area contributed by atoms with Crippen molar-refractivity contribution in [3.63, 3.8) is 0 Å². The standard InChI is InChI=1S/C20H33N/c1-3-4-5-6-7-8-9-14-20(21-2)19-16-15-17-12-10-11-13-18(17)19/h10-13,19-21H,3-9,14-16H2,1-2H3. The third-order valence-corrected chi connectivity index (χ3v) is 5.15. The smallest absolute Gasteiger partial charge is 0.0133 e. The average Bonchev–Trinajstić information content (AvgIpc) is 2.94. The highest BCUT2D eigenvalue weighted by atomic mass is 14.9. The number of fused-ring (bicyclic) bond motifs is 1. The summed E-state index contributed by atoms with van der Waals surface area (Å²) in [5, 5.41) is 3.60. The zero-order valence-electron chi connectivity index (χ0n) is 14.0. The van der Waals surface area contributed by atoms with Gasteiger partial charge in [-0.2, -0.15) is 0 Å². The summed E-state index contributed by atoms with van der Waals surface area (Å²) in [5.74, 6) is 0.742. The number of aryl methyl sites for hydroxylation is 1. The number of nitrogens with one attached hydrogen (secondary N) is 1. The van der Waals surface area contributed by atoms with E-state index < -0.39 is 0 Å². The molecule has 0 saturated carbocycles. The summed E-state index contributed by atoms with van der Waals surface area (Å²) in [7, 11) is 2.15. The fourth-order valence-corrected chi connectivity index (χ4v) is 3.88. The molecule has 0 aliphatic heterocycles. The summed E-state index contributed by atoms with van der Waals surface area (Å²) in [4.78, 5) is 0. The quantitative estimate of drug-likeness (QED) is 0.565.